The summed E-state index contributed by atoms with van der Waals surface area (Å²) in [6, 6.07) is 3.90. The summed E-state index contributed by atoms with van der Waals surface area (Å²) in [4.78, 5) is 9.39. The molecule has 84 valence electrons. The summed E-state index contributed by atoms with van der Waals surface area (Å²) in [5, 5.41) is 7.29. The molecule has 0 radical (unpaired) electrons. The van der Waals surface area contributed by atoms with Crippen molar-refractivity contribution in [2.75, 3.05) is 13.1 Å². The van der Waals surface area contributed by atoms with Crippen molar-refractivity contribution in [2.45, 2.75) is 12.5 Å². The Kier molecular flexibility index (Phi) is 3.66. The minimum absolute atomic E-state index is 0.121. The topological polar surface area (TPSA) is 46.5 Å². The highest BCUT2D eigenvalue weighted by atomic mass is 16.6. The van der Waals surface area contributed by atoms with Gasteiger partial charge >= 0.3 is 0 Å². The van der Waals surface area contributed by atoms with Gasteiger partial charge < -0.3 is 10.2 Å². The fourth-order valence-corrected chi connectivity index (χ4v) is 1.59. The van der Waals surface area contributed by atoms with Crippen LogP contribution >= 0.6 is 0 Å². The van der Waals surface area contributed by atoms with E-state index >= 15 is 0 Å². The van der Waals surface area contributed by atoms with E-state index in [9.17, 15) is 0 Å². The van der Waals surface area contributed by atoms with Gasteiger partial charge in [-0.3, -0.25) is 4.98 Å². The molecule has 1 aromatic heterocycles. The van der Waals surface area contributed by atoms with Crippen molar-refractivity contribution in [3.8, 4) is 0 Å². The number of nitrogens with one attached hydrogen (secondary N) is 1. The van der Waals surface area contributed by atoms with E-state index in [4.69, 9.17) is 4.84 Å². The van der Waals surface area contributed by atoms with Crippen LogP contribution in [0.2, 0.25) is 0 Å². The maximum Gasteiger partial charge on any atom is 0.145 e. The highest BCUT2D eigenvalue weighted by molar-refractivity contribution is 6.00. The van der Waals surface area contributed by atoms with Gasteiger partial charge in [0.2, 0.25) is 0 Å². The second kappa shape index (κ2) is 5.42. The zero-order chi connectivity index (χ0) is 11.2. The van der Waals surface area contributed by atoms with Crippen molar-refractivity contribution < 1.29 is 4.84 Å². The van der Waals surface area contributed by atoms with Crippen molar-refractivity contribution in [2.24, 2.45) is 5.16 Å². The molecule has 1 aliphatic rings. The number of hydrogen-bond acceptors (Lipinski definition) is 4. The molecule has 0 bridgehead atoms. The first-order valence-corrected chi connectivity index (χ1v) is 5.35. The van der Waals surface area contributed by atoms with Gasteiger partial charge in [0, 0.05) is 37.5 Å². The molecule has 0 spiro atoms. The third-order valence-electron chi connectivity index (χ3n) is 2.39. The molecule has 0 saturated carbocycles. The van der Waals surface area contributed by atoms with Crippen LogP contribution < -0.4 is 5.32 Å². The molecule has 1 aromatic rings. The van der Waals surface area contributed by atoms with Gasteiger partial charge in [0.1, 0.15) is 6.10 Å². The monoisotopic (exact) mass is 217 g/mol. The van der Waals surface area contributed by atoms with E-state index in [1.165, 1.54) is 0 Å². The molecule has 1 N–H and O–H groups in total. The molecule has 4 nitrogen and oxygen atoms in total. The summed E-state index contributed by atoms with van der Waals surface area (Å²) in [5.41, 5.74) is 2.01. The van der Waals surface area contributed by atoms with Gasteiger partial charge in [0.05, 0.1) is 5.71 Å². The van der Waals surface area contributed by atoms with E-state index in [1.54, 1.807) is 6.20 Å². The van der Waals surface area contributed by atoms with Gasteiger partial charge in [0.25, 0.3) is 0 Å². The Hall–Kier alpha value is -1.68. The van der Waals surface area contributed by atoms with Crippen LogP contribution in [0.25, 0.3) is 0 Å². The van der Waals surface area contributed by atoms with E-state index < -0.39 is 0 Å². The van der Waals surface area contributed by atoms with E-state index in [-0.39, 0.29) is 6.10 Å². The Morgan fingerprint density at radius 3 is 3.31 bits per heavy atom. The van der Waals surface area contributed by atoms with E-state index in [1.807, 2.05) is 24.4 Å². The zero-order valence-electron chi connectivity index (χ0n) is 9.10. The lowest BCUT2D eigenvalue weighted by Gasteiger charge is -2.07. The van der Waals surface area contributed by atoms with Crippen molar-refractivity contribution in [1.82, 2.24) is 10.3 Å². The fourth-order valence-electron chi connectivity index (χ4n) is 1.59. The molecule has 1 aliphatic heterocycles. The molecule has 0 aromatic carbocycles. The second-order valence-corrected chi connectivity index (χ2v) is 3.66. The van der Waals surface area contributed by atoms with Gasteiger partial charge in [-0.25, -0.2) is 0 Å². The Bertz CT molecular complexity index is 375. The molecule has 0 fully saturated rings. The van der Waals surface area contributed by atoms with Crippen LogP contribution in [0.5, 0.6) is 0 Å². The highest BCUT2D eigenvalue weighted by Gasteiger charge is 2.21. The number of aromatic nitrogens is 1. The lowest BCUT2D eigenvalue weighted by atomic mass is 10.1. The Morgan fingerprint density at radius 1 is 1.62 bits per heavy atom. The number of nitrogens with zero attached hydrogens (tertiary/aromatic N) is 2. The van der Waals surface area contributed by atoms with Crippen LogP contribution in [0.15, 0.2) is 42.3 Å². The van der Waals surface area contributed by atoms with Gasteiger partial charge in [-0.15, -0.1) is 6.58 Å². The molecule has 2 heterocycles. The summed E-state index contributed by atoms with van der Waals surface area (Å²) in [7, 11) is 0. The number of pyridine rings is 1. The first-order valence-electron chi connectivity index (χ1n) is 5.35. The smallest absolute Gasteiger partial charge is 0.145 e. The normalized spacial score (nSPS) is 19.0. The van der Waals surface area contributed by atoms with Crippen LogP contribution in [-0.2, 0) is 4.84 Å². The average molecular weight is 217 g/mol. The largest absolute Gasteiger partial charge is 0.390 e. The predicted octanol–water partition coefficient (Wildman–Crippen LogP) is 1.35. The van der Waals surface area contributed by atoms with Crippen LogP contribution in [0.1, 0.15) is 12.0 Å². The molecule has 2 rings (SSSR count). The average Bonchev–Trinajstić information content (AvgIpc) is 2.79. The molecular weight excluding hydrogens is 202 g/mol. The van der Waals surface area contributed by atoms with Crippen molar-refractivity contribution in [1.29, 1.82) is 0 Å². The zero-order valence-corrected chi connectivity index (χ0v) is 9.10. The summed E-state index contributed by atoms with van der Waals surface area (Å²) in [6.45, 7) is 5.23. The lowest BCUT2D eigenvalue weighted by Crippen LogP contribution is -2.27. The predicted molar refractivity (Wildman–Crippen MR) is 63.3 cm³/mol. The minimum atomic E-state index is 0.121. The Balaban J connectivity index is 1.85. The van der Waals surface area contributed by atoms with Gasteiger partial charge in [-0.05, 0) is 12.1 Å². The Morgan fingerprint density at radius 2 is 2.56 bits per heavy atom. The molecule has 1 unspecified atom stereocenters. The quantitative estimate of drug-likeness (QED) is 0.598. The molecular formula is C12H15N3O. The maximum atomic E-state index is 5.33. The van der Waals surface area contributed by atoms with Gasteiger partial charge in [0.15, 0.2) is 0 Å². The number of rotatable bonds is 5. The van der Waals surface area contributed by atoms with Gasteiger partial charge in [-0.2, -0.15) is 0 Å². The van der Waals surface area contributed by atoms with Gasteiger partial charge in [-0.1, -0.05) is 11.2 Å². The number of oxime groups is 1. The van der Waals surface area contributed by atoms with E-state index in [0.29, 0.717) is 0 Å². The molecule has 1 atom stereocenters. The molecule has 0 saturated heterocycles. The Labute approximate surface area is 95.0 Å². The summed E-state index contributed by atoms with van der Waals surface area (Å²) in [6.07, 6.45) is 6.34. The summed E-state index contributed by atoms with van der Waals surface area (Å²) >= 11 is 0. The summed E-state index contributed by atoms with van der Waals surface area (Å²) < 4.78 is 0. The van der Waals surface area contributed by atoms with Crippen molar-refractivity contribution >= 4 is 5.71 Å². The standard InChI is InChI=1S/C12H15N3O/c1-2-5-13-9-11-7-12(15-16-11)10-4-3-6-14-8-10/h2-4,6,8,11,13H,1,5,7,9H2. The van der Waals surface area contributed by atoms with Crippen LogP contribution in [0, 0.1) is 0 Å². The third-order valence-corrected chi connectivity index (χ3v) is 2.39. The van der Waals surface area contributed by atoms with Crippen LogP contribution in [0.3, 0.4) is 0 Å². The van der Waals surface area contributed by atoms with Crippen molar-refractivity contribution in [3.05, 3.63) is 42.7 Å². The van der Waals surface area contributed by atoms with E-state index in [2.05, 4.69) is 22.0 Å². The van der Waals surface area contributed by atoms with Crippen LogP contribution in [-0.4, -0.2) is 29.9 Å². The second-order valence-electron chi connectivity index (χ2n) is 3.66. The highest BCUT2D eigenvalue weighted by Crippen LogP contribution is 2.15. The molecule has 0 aliphatic carbocycles. The lowest BCUT2D eigenvalue weighted by molar-refractivity contribution is 0.0859. The van der Waals surface area contributed by atoms with E-state index in [0.717, 1.165) is 30.8 Å². The summed E-state index contributed by atoms with van der Waals surface area (Å²) in [5.74, 6) is 0. The molecule has 4 heteroatoms. The maximum absolute atomic E-state index is 5.33. The molecule has 16 heavy (non-hydrogen) atoms. The minimum Gasteiger partial charge on any atom is -0.390 e. The third kappa shape index (κ3) is 2.67. The number of hydrogen-bond donors (Lipinski definition) is 1. The first kappa shape index (κ1) is 10.8. The fraction of sp³-hybridized carbons (Fsp3) is 0.333. The van der Waals surface area contributed by atoms with Crippen molar-refractivity contribution in [3.63, 3.8) is 0 Å². The first-order chi connectivity index (χ1) is 7.90. The molecule has 0 amide bonds. The van der Waals surface area contributed by atoms with Crippen LogP contribution in [0.4, 0.5) is 0 Å². The SMILES string of the molecule is C=CCNCC1CC(c2cccnc2)=NO1.